The molecule has 0 spiro atoms. The normalized spacial score (nSPS) is 52.2. The van der Waals surface area contributed by atoms with Gasteiger partial charge in [-0.15, -0.1) is 0 Å². The van der Waals surface area contributed by atoms with Crippen molar-refractivity contribution in [1.29, 1.82) is 0 Å². The van der Waals surface area contributed by atoms with Gasteiger partial charge in [-0.2, -0.15) is 0 Å². The van der Waals surface area contributed by atoms with E-state index in [0.717, 1.165) is 0 Å². The molecular weight excluding hydrogens is 552 g/mol. The Kier molecular flexibility index (Phi) is 7.34. The van der Waals surface area contributed by atoms with Crippen molar-refractivity contribution in [3.8, 4) is 0 Å². The van der Waals surface area contributed by atoms with Crippen LogP contribution >= 0.6 is 0 Å². The third-order valence-electron chi connectivity index (χ3n) is 11.7. The van der Waals surface area contributed by atoms with Gasteiger partial charge in [0, 0.05) is 23.8 Å². The molecule has 1 aromatic rings. The first-order valence-corrected chi connectivity index (χ1v) is 14.8. The van der Waals surface area contributed by atoms with Gasteiger partial charge in [-0.05, 0) is 60.6 Å². The fourth-order valence-electron chi connectivity index (χ4n) is 9.32. The predicted octanol–water partition coefficient (Wildman–Crippen LogP) is -0.957. The van der Waals surface area contributed by atoms with Crippen molar-refractivity contribution in [2.45, 2.75) is 119 Å². The fourth-order valence-corrected chi connectivity index (χ4v) is 9.32. The highest BCUT2D eigenvalue weighted by atomic mass is 16.7. The highest BCUT2D eigenvalue weighted by molar-refractivity contribution is 5.38. The average molecular weight is 595 g/mol. The number of aliphatic hydroxyl groups excluding tert-OH is 6. The van der Waals surface area contributed by atoms with Gasteiger partial charge in [0.2, 0.25) is 0 Å². The molecule has 4 fully saturated rings. The van der Waals surface area contributed by atoms with Gasteiger partial charge in [0.1, 0.15) is 35.6 Å². The van der Waals surface area contributed by atoms with Gasteiger partial charge in [-0.3, -0.25) is 0 Å². The van der Waals surface area contributed by atoms with Crippen molar-refractivity contribution >= 4 is 0 Å². The molecule has 0 amide bonds. The second-order valence-corrected chi connectivity index (χ2v) is 13.5. The van der Waals surface area contributed by atoms with Gasteiger partial charge in [-0.25, -0.2) is 4.79 Å². The molecule has 12 nitrogen and oxygen atoms in total. The van der Waals surface area contributed by atoms with Crippen LogP contribution in [0.25, 0.3) is 0 Å². The molecule has 234 valence electrons. The van der Waals surface area contributed by atoms with Gasteiger partial charge in [-0.1, -0.05) is 19.9 Å². The molecule has 0 bridgehead atoms. The van der Waals surface area contributed by atoms with Crippen LogP contribution in [-0.2, 0) is 9.47 Å². The van der Waals surface area contributed by atoms with Crippen molar-refractivity contribution in [2.24, 2.45) is 16.7 Å². The van der Waals surface area contributed by atoms with Crippen LogP contribution in [0, 0.1) is 16.7 Å². The summed E-state index contributed by atoms with van der Waals surface area (Å²) in [5.74, 6) is -0.996. The van der Waals surface area contributed by atoms with E-state index in [2.05, 4.69) is 0 Å². The fraction of sp³-hybridized carbons (Fsp3) is 0.767. The molecular formula is C30H42O12. The summed E-state index contributed by atoms with van der Waals surface area (Å²) in [6.45, 7) is 3.09. The quantitative estimate of drug-likeness (QED) is 0.198. The molecule has 42 heavy (non-hydrogen) atoms. The SMILES string of the molecule is CC12CCC(OC3OC(CO)C(O)C(O)C3O)C=C1C(O)CC1(O)C2CC(O)C2(C)C(c3ccc(=O)oc3)CCC12O. The van der Waals surface area contributed by atoms with E-state index in [4.69, 9.17) is 13.9 Å². The third kappa shape index (κ3) is 4.01. The lowest BCUT2D eigenvalue weighted by atomic mass is 9.41. The maximum absolute atomic E-state index is 12.5. The molecule has 0 aromatic carbocycles. The molecule has 8 N–H and O–H groups in total. The largest absolute Gasteiger partial charge is 0.431 e. The Hall–Kier alpha value is -1.71. The maximum atomic E-state index is 12.5. The highest BCUT2D eigenvalue weighted by Crippen LogP contribution is 2.71. The topological polar surface area (TPSA) is 211 Å². The van der Waals surface area contributed by atoms with E-state index in [1.165, 1.54) is 12.3 Å². The van der Waals surface area contributed by atoms with Crippen LogP contribution in [0.2, 0.25) is 0 Å². The zero-order valence-corrected chi connectivity index (χ0v) is 23.7. The molecule has 0 radical (unpaired) electrons. The third-order valence-corrected chi connectivity index (χ3v) is 11.7. The van der Waals surface area contributed by atoms with Crippen molar-refractivity contribution in [3.05, 3.63) is 46.0 Å². The Balaban J connectivity index is 1.30. The molecule has 1 aliphatic heterocycles. The molecule has 1 saturated heterocycles. The van der Waals surface area contributed by atoms with E-state index >= 15 is 0 Å². The number of hydrogen-bond donors (Lipinski definition) is 8. The average Bonchev–Trinajstić information content (AvgIpc) is 3.25. The van der Waals surface area contributed by atoms with E-state index in [9.17, 15) is 45.6 Å². The van der Waals surface area contributed by atoms with Crippen LogP contribution in [0.15, 0.2) is 39.3 Å². The van der Waals surface area contributed by atoms with Gasteiger partial charge in [0.05, 0.1) is 31.2 Å². The molecule has 2 heterocycles. The van der Waals surface area contributed by atoms with Crippen molar-refractivity contribution in [2.75, 3.05) is 6.61 Å². The lowest BCUT2D eigenvalue weighted by molar-refractivity contribution is -0.315. The number of ether oxygens (including phenoxy) is 2. The number of fused-ring (bicyclic) bond motifs is 5. The number of rotatable bonds is 4. The van der Waals surface area contributed by atoms with Gasteiger partial charge in [0.15, 0.2) is 6.29 Å². The van der Waals surface area contributed by atoms with Crippen molar-refractivity contribution in [1.82, 2.24) is 0 Å². The monoisotopic (exact) mass is 594 g/mol. The summed E-state index contributed by atoms with van der Waals surface area (Å²) in [6, 6.07) is 2.93. The Morgan fingerprint density at radius 3 is 2.40 bits per heavy atom. The molecule has 14 unspecified atom stereocenters. The van der Waals surface area contributed by atoms with E-state index in [-0.39, 0.29) is 19.3 Å². The number of hydrogen-bond acceptors (Lipinski definition) is 12. The van der Waals surface area contributed by atoms with E-state index in [0.29, 0.717) is 30.4 Å². The lowest BCUT2D eigenvalue weighted by Crippen LogP contribution is -2.76. The summed E-state index contributed by atoms with van der Waals surface area (Å²) in [6.07, 6.45) is -5.43. The van der Waals surface area contributed by atoms with Crippen LogP contribution in [0.4, 0.5) is 0 Å². The molecule has 3 saturated carbocycles. The standard InChI is InChI=1S/C30H42O12/c1-27-7-5-15(41-26-25(37)24(36)23(35)19(12-31)42-26)9-17(27)18(32)11-29(38)20(27)10-21(33)28(2)16(6-8-30(28,29)39)14-3-4-22(34)40-13-14/h3-4,9,13,15-16,18-21,23-26,31-33,35-39H,5-8,10-12H2,1-2H3. The Morgan fingerprint density at radius 2 is 1.74 bits per heavy atom. The van der Waals surface area contributed by atoms with E-state index < -0.39 is 95.1 Å². The van der Waals surface area contributed by atoms with Crippen LogP contribution in [0.3, 0.4) is 0 Å². The minimum absolute atomic E-state index is 0.165. The molecule has 14 atom stereocenters. The zero-order chi connectivity index (χ0) is 30.4. The minimum Gasteiger partial charge on any atom is -0.431 e. The molecule has 5 aliphatic rings. The first-order valence-electron chi connectivity index (χ1n) is 14.8. The molecule has 1 aromatic heterocycles. The van der Waals surface area contributed by atoms with Gasteiger partial charge < -0.3 is 54.7 Å². The zero-order valence-electron chi connectivity index (χ0n) is 23.7. The van der Waals surface area contributed by atoms with Gasteiger partial charge in [0.25, 0.3) is 0 Å². The molecule has 12 heteroatoms. The van der Waals surface area contributed by atoms with Crippen LogP contribution < -0.4 is 5.63 Å². The maximum Gasteiger partial charge on any atom is 0.335 e. The summed E-state index contributed by atoms with van der Waals surface area (Å²) < 4.78 is 16.6. The van der Waals surface area contributed by atoms with Crippen molar-refractivity contribution in [3.63, 3.8) is 0 Å². The second kappa shape index (κ2) is 10.2. The summed E-state index contributed by atoms with van der Waals surface area (Å²) >= 11 is 0. The Labute approximate surface area is 242 Å². The summed E-state index contributed by atoms with van der Waals surface area (Å²) in [4.78, 5) is 11.6. The molecule has 4 aliphatic carbocycles. The first-order chi connectivity index (χ1) is 19.7. The minimum atomic E-state index is -1.75. The van der Waals surface area contributed by atoms with Crippen molar-refractivity contribution < 1.29 is 54.7 Å². The van der Waals surface area contributed by atoms with Crippen LogP contribution in [0.1, 0.15) is 63.9 Å². The Morgan fingerprint density at radius 1 is 1.00 bits per heavy atom. The number of aliphatic hydroxyl groups is 8. The van der Waals surface area contributed by atoms with Gasteiger partial charge >= 0.3 is 5.63 Å². The second-order valence-electron chi connectivity index (χ2n) is 13.5. The highest BCUT2D eigenvalue weighted by Gasteiger charge is 2.77. The van der Waals surface area contributed by atoms with Crippen LogP contribution in [0.5, 0.6) is 0 Å². The molecule has 6 rings (SSSR count). The van der Waals surface area contributed by atoms with E-state index in [1.807, 2.05) is 6.92 Å². The van der Waals surface area contributed by atoms with Crippen LogP contribution in [-0.4, -0.2) is 108 Å². The summed E-state index contributed by atoms with van der Waals surface area (Å²) in [5, 5.41) is 88.3. The first kappa shape index (κ1) is 30.3. The lowest BCUT2D eigenvalue weighted by Gasteiger charge is -2.67. The summed E-state index contributed by atoms with van der Waals surface area (Å²) in [7, 11) is 0. The summed E-state index contributed by atoms with van der Waals surface area (Å²) in [5.41, 5.74) is -4.73. The van der Waals surface area contributed by atoms with E-state index in [1.54, 1.807) is 19.1 Å². The smallest absolute Gasteiger partial charge is 0.335 e. The Bertz CT molecular complexity index is 1260. The predicted molar refractivity (Wildman–Crippen MR) is 144 cm³/mol.